The Kier molecular flexibility index (Phi) is 7.41. The first kappa shape index (κ1) is 34.6. The van der Waals surface area contributed by atoms with E-state index >= 15 is 0 Å². The van der Waals surface area contributed by atoms with Crippen LogP contribution in [-0.4, -0.2) is 0 Å². The van der Waals surface area contributed by atoms with Gasteiger partial charge in [-0.25, -0.2) is 0 Å². The predicted octanol–water partition coefficient (Wildman–Crippen LogP) is 15.6. The van der Waals surface area contributed by atoms with Crippen molar-refractivity contribution in [2.24, 2.45) is 0 Å². The Labute approximate surface area is 341 Å². The van der Waals surface area contributed by atoms with E-state index in [-0.39, 0.29) is 10.8 Å². The first-order chi connectivity index (χ1) is 28.1. The first-order valence-corrected chi connectivity index (χ1v) is 20.5. The summed E-state index contributed by atoms with van der Waals surface area (Å²) in [7, 11) is 0. The fourth-order valence-electron chi connectivity index (χ4n) is 10.3. The Hall–Kier alpha value is -6.64. The van der Waals surface area contributed by atoms with Gasteiger partial charge in [-0.3, -0.25) is 0 Å². The molecule has 0 N–H and O–H groups in total. The van der Waals surface area contributed by atoms with Crippen molar-refractivity contribution in [3.05, 3.63) is 197 Å². The van der Waals surface area contributed by atoms with E-state index in [4.69, 9.17) is 4.42 Å². The summed E-state index contributed by atoms with van der Waals surface area (Å²) >= 11 is 0. The van der Waals surface area contributed by atoms with Crippen LogP contribution in [0.4, 0.5) is 17.1 Å². The summed E-state index contributed by atoms with van der Waals surface area (Å²) in [6, 6.07) is 60.6. The number of rotatable bonds is 5. The van der Waals surface area contributed by atoms with Crippen molar-refractivity contribution in [2.75, 3.05) is 4.90 Å². The molecule has 0 bridgehead atoms. The number of benzene rings is 8. The molecule has 0 unspecified atom stereocenters. The fourth-order valence-corrected chi connectivity index (χ4v) is 10.3. The number of furan rings is 1. The van der Waals surface area contributed by atoms with E-state index in [1.807, 2.05) is 6.07 Å². The van der Waals surface area contributed by atoms with Crippen molar-refractivity contribution in [1.29, 1.82) is 0 Å². The van der Waals surface area contributed by atoms with Gasteiger partial charge in [0.05, 0.1) is 0 Å². The van der Waals surface area contributed by atoms with Crippen LogP contribution in [-0.2, 0) is 10.8 Å². The quantitative estimate of drug-likeness (QED) is 0.174. The van der Waals surface area contributed by atoms with Crippen LogP contribution < -0.4 is 4.90 Å². The van der Waals surface area contributed by atoms with E-state index in [0.717, 1.165) is 50.1 Å². The third kappa shape index (κ3) is 5.04. The lowest BCUT2D eigenvalue weighted by Crippen LogP contribution is -2.16. The van der Waals surface area contributed by atoms with E-state index in [9.17, 15) is 0 Å². The summed E-state index contributed by atoms with van der Waals surface area (Å²) in [5.74, 6) is 0. The van der Waals surface area contributed by atoms with Crippen molar-refractivity contribution < 1.29 is 4.42 Å². The van der Waals surface area contributed by atoms with Gasteiger partial charge in [0.15, 0.2) is 0 Å². The molecule has 2 heteroatoms. The number of para-hydroxylation sites is 2. The van der Waals surface area contributed by atoms with Gasteiger partial charge < -0.3 is 9.32 Å². The van der Waals surface area contributed by atoms with Gasteiger partial charge in [-0.1, -0.05) is 149 Å². The minimum absolute atomic E-state index is 0.0400. The Balaban J connectivity index is 1.05. The summed E-state index contributed by atoms with van der Waals surface area (Å²) in [5, 5.41) is 2.28. The third-order valence-corrected chi connectivity index (χ3v) is 13.2. The maximum atomic E-state index is 6.46. The van der Waals surface area contributed by atoms with Crippen LogP contribution in [0.25, 0.3) is 66.4 Å². The van der Waals surface area contributed by atoms with E-state index in [1.165, 1.54) is 66.8 Å². The lowest BCUT2D eigenvalue weighted by molar-refractivity contribution is 0.659. The van der Waals surface area contributed by atoms with Gasteiger partial charge in [-0.2, -0.15) is 0 Å². The lowest BCUT2D eigenvalue weighted by Gasteiger charge is -2.28. The van der Waals surface area contributed by atoms with Gasteiger partial charge in [0.1, 0.15) is 11.2 Å². The summed E-state index contributed by atoms with van der Waals surface area (Å²) in [6.07, 6.45) is 0. The van der Waals surface area contributed by atoms with Crippen LogP contribution in [0.15, 0.2) is 168 Å². The predicted molar refractivity (Wildman–Crippen MR) is 244 cm³/mol. The zero-order valence-corrected chi connectivity index (χ0v) is 33.9. The summed E-state index contributed by atoms with van der Waals surface area (Å²) in [4.78, 5) is 2.42. The average molecular weight is 748 g/mol. The topological polar surface area (TPSA) is 16.4 Å². The molecule has 9 aromatic rings. The molecule has 58 heavy (non-hydrogen) atoms. The molecule has 0 fully saturated rings. The maximum Gasteiger partial charge on any atom is 0.143 e. The molecule has 2 aliphatic rings. The van der Waals surface area contributed by atoms with Gasteiger partial charge in [0.2, 0.25) is 0 Å². The number of hydrogen-bond donors (Lipinski definition) is 0. The molecule has 2 aliphatic carbocycles. The van der Waals surface area contributed by atoms with Crippen molar-refractivity contribution in [3.63, 3.8) is 0 Å². The minimum Gasteiger partial charge on any atom is -0.455 e. The zero-order chi connectivity index (χ0) is 39.5. The molecule has 0 saturated heterocycles. The lowest BCUT2D eigenvalue weighted by atomic mass is 9.81. The maximum absolute atomic E-state index is 6.46. The fraction of sp³-hybridized carbons (Fsp3) is 0.143. The largest absolute Gasteiger partial charge is 0.455 e. The van der Waals surface area contributed by atoms with E-state index < -0.39 is 0 Å². The van der Waals surface area contributed by atoms with Gasteiger partial charge in [-0.05, 0) is 129 Å². The Morgan fingerprint density at radius 3 is 1.91 bits per heavy atom. The van der Waals surface area contributed by atoms with E-state index in [2.05, 4.69) is 204 Å². The molecule has 0 atom stereocenters. The van der Waals surface area contributed by atoms with Crippen LogP contribution in [0.2, 0.25) is 0 Å². The molecular weight excluding hydrogens is 703 g/mol. The van der Waals surface area contributed by atoms with Crippen LogP contribution in [0.1, 0.15) is 61.1 Å². The van der Waals surface area contributed by atoms with Gasteiger partial charge >= 0.3 is 0 Å². The van der Waals surface area contributed by atoms with Crippen molar-refractivity contribution >= 4 is 39.0 Å². The van der Waals surface area contributed by atoms with Gasteiger partial charge in [-0.15, -0.1) is 0 Å². The second-order valence-electron chi connectivity index (χ2n) is 17.5. The van der Waals surface area contributed by atoms with Crippen LogP contribution in [0, 0.1) is 13.8 Å². The smallest absolute Gasteiger partial charge is 0.143 e. The summed E-state index contributed by atoms with van der Waals surface area (Å²) in [5.41, 5.74) is 23.3. The number of fused-ring (bicyclic) bond motifs is 9. The number of nitrogens with zero attached hydrogens (tertiary/aromatic N) is 1. The highest BCUT2D eigenvalue weighted by Gasteiger charge is 2.37. The molecule has 0 aliphatic heterocycles. The molecule has 1 heterocycles. The van der Waals surface area contributed by atoms with E-state index in [0.29, 0.717) is 0 Å². The highest BCUT2D eigenvalue weighted by atomic mass is 16.3. The second-order valence-corrected chi connectivity index (χ2v) is 17.5. The third-order valence-electron chi connectivity index (χ3n) is 13.2. The first-order valence-electron chi connectivity index (χ1n) is 20.5. The Morgan fingerprint density at radius 1 is 0.414 bits per heavy atom. The second kappa shape index (κ2) is 12.4. The minimum atomic E-state index is -0.115. The molecule has 0 amide bonds. The van der Waals surface area contributed by atoms with Crippen molar-refractivity contribution in [1.82, 2.24) is 0 Å². The molecule has 280 valence electrons. The average Bonchev–Trinajstić information content (AvgIpc) is 3.81. The van der Waals surface area contributed by atoms with Gasteiger partial charge in [0.25, 0.3) is 0 Å². The molecule has 2 nitrogen and oxygen atoms in total. The highest BCUT2D eigenvalue weighted by Crippen LogP contribution is 2.53. The molecule has 1 aromatic heterocycles. The van der Waals surface area contributed by atoms with Gasteiger partial charge in [0, 0.05) is 44.2 Å². The van der Waals surface area contributed by atoms with E-state index in [1.54, 1.807) is 0 Å². The monoisotopic (exact) mass is 747 g/mol. The van der Waals surface area contributed by atoms with Crippen molar-refractivity contribution in [2.45, 2.75) is 52.4 Å². The summed E-state index contributed by atoms with van der Waals surface area (Å²) in [6.45, 7) is 13.9. The molecule has 11 rings (SSSR count). The Bertz CT molecular complexity index is 3140. The zero-order valence-electron chi connectivity index (χ0n) is 33.9. The molecular formula is C56H45NO. The van der Waals surface area contributed by atoms with Crippen LogP contribution in [0.3, 0.4) is 0 Å². The molecule has 0 radical (unpaired) electrons. The Morgan fingerprint density at radius 2 is 1.05 bits per heavy atom. The van der Waals surface area contributed by atoms with Crippen LogP contribution in [0.5, 0.6) is 0 Å². The van der Waals surface area contributed by atoms with Crippen LogP contribution >= 0.6 is 0 Å². The molecule has 8 aromatic carbocycles. The standard InChI is InChI=1S/C56H45NO/c1-34-29-35(2)53-47-32-38(23-28-49(47)56(5,6)51(53)30-34)37-13-11-14-40(31-37)57(41-26-27-44-43-15-7-9-19-48(43)55(3,4)50(44)33-41)39-24-21-36(22-25-39)42-17-12-18-46-45-16-8-10-20-52(45)58-54(42)46/h7-33H,1-6H3. The number of anilines is 3. The highest BCUT2D eigenvalue weighted by molar-refractivity contribution is 6.09. The normalized spacial score (nSPS) is 14.3. The molecule has 0 spiro atoms. The SMILES string of the molecule is Cc1cc(C)c2c(c1)C(C)(C)c1ccc(-c3cccc(N(c4ccc(-c5cccc6c5oc5ccccc56)cc4)c4ccc5c(c4)C(C)(C)c4ccccc4-5)c3)cc1-2. The molecule has 0 saturated carbocycles. The summed E-state index contributed by atoms with van der Waals surface area (Å²) < 4.78 is 6.46. The number of aryl methyl sites for hydroxylation is 2. The number of hydrogen-bond acceptors (Lipinski definition) is 2. The van der Waals surface area contributed by atoms with Crippen molar-refractivity contribution in [3.8, 4) is 44.5 Å².